The molecule has 1 atom stereocenters. The molecule has 0 bridgehead atoms. The lowest BCUT2D eigenvalue weighted by atomic mass is 10.0. The second-order valence-corrected chi connectivity index (χ2v) is 8.34. The lowest BCUT2D eigenvalue weighted by Crippen LogP contribution is -2.30. The third-order valence-corrected chi connectivity index (χ3v) is 6.03. The van der Waals surface area contributed by atoms with E-state index in [-0.39, 0.29) is 16.9 Å². The molecule has 5 rings (SSSR count). The summed E-state index contributed by atoms with van der Waals surface area (Å²) in [4.78, 5) is 26.5. The maximum Gasteiger partial charge on any atom is 0.409 e. The Kier molecular flexibility index (Phi) is 5.01. The molecule has 34 heavy (non-hydrogen) atoms. The van der Waals surface area contributed by atoms with Gasteiger partial charge in [-0.15, -0.1) is 10.2 Å². The molecule has 1 aliphatic heterocycles. The molecule has 4 heterocycles. The van der Waals surface area contributed by atoms with Crippen LogP contribution in [0.15, 0.2) is 42.7 Å². The zero-order valence-corrected chi connectivity index (χ0v) is 18.6. The first-order valence-electron chi connectivity index (χ1n) is 10.1. The Bertz CT molecular complexity index is 1460. The number of pyridine rings is 1. The van der Waals surface area contributed by atoms with Gasteiger partial charge in [-0.3, -0.25) is 19.4 Å². The molecule has 0 aliphatic carbocycles. The molecule has 0 saturated carbocycles. The van der Waals surface area contributed by atoms with Gasteiger partial charge in [0.05, 0.1) is 22.6 Å². The number of nitrogens with zero attached hydrogens (tertiary/aromatic N) is 5. The van der Waals surface area contributed by atoms with Crippen LogP contribution >= 0.6 is 11.6 Å². The van der Waals surface area contributed by atoms with Crippen LogP contribution in [0.4, 0.5) is 25.0 Å². The Morgan fingerprint density at radius 2 is 1.91 bits per heavy atom. The van der Waals surface area contributed by atoms with Crippen LogP contribution in [0.1, 0.15) is 45.5 Å². The van der Waals surface area contributed by atoms with Crippen LogP contribution in [0, 0.1) is 6.92 Å². The molecule has 2 N–H and O–H groups in total. The summed E-state index contributed by atoms with van der Waals surface area (Å²) in [5, 5.41) is 19.5. The van der Waals surface area contributed by atoms with Crippen molar-refractivity contribution in [2.24, 2.45) is 7.05 Å². The van der Waals surface area contributed by atoms with Gasteiger partial charge in [0.25, 0.3) is 12.3 Å². The van der Waals surface area contributed by atoms with Crippen LogP contribution in [-0.4, -0.2) is 36.3 Å². The zero-order chi connectivity index (χ0) is 24.3. The van der Waals surface area contributed by atoms with E-state index in [4.69, 9.17) is 11.6 Å². The number of fused-ring (bicyclic) bond motifs is 2. The molecule has 3 aromatic heterocycles. The molecule has 0 saturated heterocycles. The van der Waals surface area contributed by atoms with Crippen LogP contribution in [0.5, 0.6) is 0 Å². The molecule has 0 radical (unpaired) electrons. The Morgan fingerprint density at radius 1 is 1.21 bits per heavy atom. The van der Waals surface area contributed by atoms with Gasteiger partial charge in [-0.2, -0.15) is 0 Å². The fourth-order valence-corrected chi connectivity index (χ4v) is 4.55. The molecule has 4 aromatic rings. The van der Waals surface area contributed by atoms with E-state index in [1.54, 1.807) is 48.9 Å². The largest absolute Gasteiger partial charge is 0.465 e. The van der Waals surface area contributed by atoms with Crippen LogP contribution in [0.3, 0.4) is 0 Å². The topological polar surface area (TPSA) is 105 Å². The number of carbonyl (C=O) groups excluding carboxylic acids is 1. The number of rotatable bonds is 4. The molecular weight excluding hydrogens is 470 g/mol. The number of carbonyl (C=O) groups is 2. The average Bonchev–Trinajstić information content (AvgIpc) is 3.42. The second kappa shape index (κ2) is 7.80. The van der Waals surface area contributed by atoms with E-state index in [0.717, 1.165) is 0 Å². The minimum absolute atomic E-state index is 0.131. The zero-order valence-electron chi connectivity index (χ0n) is 17.8. The first kappa shape index (κ1) is 21.8. The predicted molar refractivity (Wildman–Crippen MR) is 120 cm³/mol. The van der Waals surface area contributed by atoms with E-state index in [9.17, 15) is 23.5 Å². The Balaban J connectivity index is 1.75. The highest BCUT2D eigenvalue weighted by Gasteiger charge is 2.43. The van der Waals surface area contributed by atoms with Gasteiger partial charge in [0.2, 0.25) is 5.82 Å². The summed E-state index contributed by atoms with van der Waals surface area (Å²) in [5.74, 6) is -1.02. The lowest BCUT2D eigenvalue weighted by molar-refractivity contribution is 0.0994. The van der Waals surface area contributed by atoms with E-state index >= 15 is 0 Å². The molecule has 1 unspecified atom stereocenters. The summed E-state index contributed by atoms with van der Waals surface area (Å²) < 4.78 is 29.9. The number of aryl methyl sites for hydroxylation is 2. The number of anilines is 2. The third kappa shape index (κ3) is 3.27. The van der Waals surface area contributed by atoms with Gasteiger partial charge < -0.3 is 9.67 Å². The molecule has 2 amide bonds. The van der Waals surface area contributed by atoms with Gasteiger partial charge >= 0.3 is 6.09 Å². The average molecular weight is 487 g/mol. The van der Waals surface area contributed by atoms with Gasteiger partial charge in [0.1, 0.15) is 6.04 Å². The molecule has 12 heteroatoms. The Labute approximate surface area is 196 Å². The third-order valence-electron chi connectivity index (χ3n) is 5.78. The summed E-state index contributed by atoms with van der Waals surface area (Å²) in [6.07, 6.45) is -1.26. The van der Waals surface area contributed by atoms with E-state index in [1.807, 2.05) is 0 Å². The van der Waals surface area contributed by atoms with E-state index in [2.05, 4.69) is 15.5 Å². The number of hydrogen-bond donors (Lipinski definition) is 2. The van der Waals surface area contributed by atoms with Gasteiger partial charge in [-0.05, 0) is 36.2 Å². The molecular formula is C22H17ClF2N6O3. The number of nitrogens with one attached hydrogen (secondary N) is 1. The van der Waals surface area contributed by atoms with Crippen molar-refractivity contribution in [3.8, 4) is 0 Å². The highest BCUT2D eigenvalue weighted by molar-refractivity contribution is 6.30. The van der Waals surface area contributed by atoms with Crippen molar-refractivity contribution in [1.29, 1.82) is 0 Å². The SMILES string of the molecule is Cc1cc(N2C(=O)c3c(NC(=O)O)cn(C)c3C2c2ccc(Cl)cc2)cn2c(C(F)F)nnc12. The quantitative estimate of drug-likeness (QED) is 0.431. The van der Waals surface area contributed by atoms with Crippen LogP contribution in [-0.2, 0) is 7.05 Å². The van der Waals surface area contributed by atoms with Gasteiger partial charge in [-0.25, -0.2) is 13.6 Å². The van der Waals surface area contributed by atoms with Crippen molar-refractivity contribution in [3.63, 3.8) is 0 Å². The normalized spacial score (nSPS) is 15.4. The number of amides is 2. The highest BCUT2D eigenvalue weighted by Crippen LogP contribution is 2.45. The highest BCUT2D eigenvalue weighted by atomic mass is 35.5. The van der Waals surface area contributed by atoms with Crippen molar-refractivity contribution in [2.75, 3.05) is 10.2 Å². The fourth-order valence-electron chi connectivity index (χ4n) is 4.42. The van der Waals surface area contributed by atoms with Crippen molar-refractivity contribution in [2.45, 2.75) is 19.4 Å². The van der Waals surface area contributed by atoms with Crippen molar-refractivity contribution < 1.29 is 23.5 Å². The molecule has 9 nitrogen and oxygen atoms in total. The summed E-state index contributed by atoms with van der Waals surface area (Å²) in [5.41, 5.74) is 2.68. The van der Waals surface area contributed by atoms with Gasteiger partial charge in [-0.1, -0.05) is 23.7 Å². The number of alkyl halides is 2. The number of hydrogen-bond acceptors (Lipinski definition) is 4. The smallest absolute Gasteiger partial charge is 0.409 e. The molecule has 174 valence electrons. The fraction of sp³-hybridized carbons (Fsp3) is 0.182. The first-order valence-corrected chi connectivity index (χ1v) is 10.5. The Hall–Kier alpha value is -3.99. The standard InChI is InChI=1S/C22H17ClF2N6O3/c1-10-7-13(8-30-19(10)27-28-20(30)18(24)25)31-16(11-3-5-12(23)6-4-11)17-15(21(31)32)14(9-29(17)2)26-22(33)34/h3-9,16,18,26H,1-2H3,(H,33,34). The van der Waals surface area contributed by atoms with Gasteiger partial charge in [0, 0.05) is 24.5 Å². The maximum absolute atomic E-state index is 13.7. The van der Waals surface area contributed by atoms with Gasteiger partial charge in [0.15, 0.2) is 5.65 Å². The summed E-state index contributed by atoms with van der Waals surface area (Å²) in [7, 11) is 1.70. The minimum atomic E-state index is -2.87. The van der Waals surface area contributed by atoms with Crippen LogP contribution < -0.4 is 10.2 Å². The number of halogens is 3. The predicted octanol–water partition coefficient (Wildman–Crippen LogP) is 4.81. The minimum Gasteiger partial charge on any atom is -0.465 e. The Morgan fingerprint density at radius 3 is 2.56 bits per heavy atom. The maximum atomic E-state index is 13.7. The number of aromatic nitrogens is 4. The van der Waals surface area contributed by atoms with Crippen LogP contribution in [0.25, 0.3) is 5.65 Å². The first-order chi connectivity index (χ1) is 16.2. The molecule has 1 aromatic carbocycles. The van der Waals surface area contributed by atoms with Crippen molar-refractivity contribution in [1.82, 2.24) is 19.2 Å². The second-order valence-electron chi connectivity index (χ2n) is 7.91. The number of benzene rings is 1. The molecule has 0 spiro atoms. The monoisotopic (exact) mass is 486 g/mol. The van der Waals surface area contributed by atoms with E-state index in [0.29, 0.717) is 27.5 Å². The summed E-state index contributed by atoms with van der Waals surface area (Å²) in [6, 6.07) is 7.87. The molecule has 0 fully saturated rings. The van der Waals surface area contributed by atoms with Crippen molar-refractivity contribution in [3.05, 3.63) is 76.0 Å². The molecule has 1 aliphatic rings. The van der Waals surface area contributed by atoms with E-state index in [1.165, 1.54) is 21.7 Å². The lowest BCUT2D eigenvalue weighted by Gasteiger charge is -2.27. The van der Waals surface area contributed by atoms with E-state index < -0.39 is 30.3 Å². The van der Waals surface area contributed by atoms with Crippen LogP contribution in [0.2, 0.25) is 5.02 Å². The number of carboxylic acid groups (broad SMARTS) is 1. The summed E-state index contributed by atoms with van der Waals surface area (Å²) >= 11 is 6.06. The van der Waals surface area contributed by atoms with Crippen molar-refractivity contribution >= 4 is 40.6 Å². The summed E-state index contributed by atoms with van der Waals surface area (Å²) in [6.45, 7) is 1.69.